The van der Waals surface area contributed by atoms with Gasteiger partial charge in [-0.2, -0.15) is 4.98 Å². The Hall–Kier alpha value is -3.42. The third-order valence-corrected chi connectivity index (χ3v) is 5.23. The minimum Gasteiger partial charge on any atom is -0.366 e. The normalized spacial score (nSPS) is 14.1. The minimum atomic E-state index is -0.471. The topological polar surface area (TPSA) is 103 Å². The summed E-state index contributed by atoms with van der Waals surface area (Å²) in [6.45, 7) is 1.88. The van der Waals surface area contributed by atoms with Crippen LogP contribution in [0.1, 0.15) is 40.6 Å². The van der Waals surface area contributed by atoms with Crippen molar-refractivity contribution in [1.82, 2.24) is 19.5 Å². The number of fused-ring (bicyclic) bond motifs is 3. The van der Waals surface area contributed by atoms with Crippen LogP contribution in [0.15, 0.2) is 28.8 Å². The van der Waals surface area contributed by atoms with Crippen LogP contribution in [0.5, 0.6) is 0 Å². The first-order valence-electron chi connectivity index (χ1n) is 9.22. The minimum absolute atomic E-state index is 0.353. The van der Waals surface area contributed by atoms with Gasteiger partial charge >= 0.3 is 0 Å². The average molecular weight is 376 g/mol. The fraction of sp³-hybridized carbons (Fsp3) is 0.300. The number of pyridine rings is 1. The molecule has 2 N–H and O–H groups in total. The van der Waals surface area contributed by atoms with Crippen molar-refractivity contribution in [3.05, 3.63) is 41.3 Å². The van der Waals surface area contributed by atoms with Crippen LogP contribution in [-0.2, 0) is 0 Å². The Morgan fingerprint density at radius 1 is 1.25 bits per heavy atom. The van der Waals surface area contributed by atoms with Gasteiger partial charge in [0, 0.05) is 25.4 Å². The van der Waals surface area contributed by atoms with Crippen LogP contribution in [0.2, 0.25) is 0 Å². The monoisotopic (exact) mass is 376 g/mol. The van der Waals surface area contributed by atoms with Crippen LogP contribution >= 0.6 is 0 Å². The number of aromatic nitrogens is 4. The summed E-state index contributed by atoms with van der Waals surface area (Å²) in [5.74, 6) is 1.68. The summed E-state index contributed by atoms with van der Waals surface area (Å²) in [6.07, 6.45) is 2.15. The van der Waals surface area contributed by atoms with E-state index in [2.05, 4.69) is 10.1 Å². The van der Waals surface area contributed by atoms with E-state index >= 15 is 0 Å². The summed E-state index contributed by atoms with van der Waals surface area (Å²) >= 11 is 0. The summed E-state index contributed by atoms with van der Waals surface area (Å²) in [6, 6.07) is 7.69. The molecule has 4 aromatic rings. The maximum Gasteiger partial charge on any atom is 0.249 e. The van der Waals surface area contributed by atoms with Crippen molar-refractivity contribution < 1.29 is 9.32 Å². The Morgan fingerprint density at radius 3 is 2.68 bits per heavy atom. The molecule has 28 heavy (non-hydrogen) atoms. The summed E-state index contributed by atoms with van der Waals surface area (Å²) in [7, 11) is 3.85. The number of hydrogen-bond donors (Lipinski definition) is 1. The molecule has 0 unspecified atom stereocenters. The van der Waals surface area contributed by atoms with Crippen LogP contribution in [-0.4, -0.2) is 39.5 Å². The van der Waals surface area contributed by atoms with Gasteiger partial charge in [0.2, 0.25) is 23.6 Å². The van der Waals surface area contributed by atoms with Crippen LogP contribution in [0.25, 0.3) is 27.9 Å². The molecule has 5 rings (SSSR count). The number of imidazole rings is 1. The van der Waals surface area contributed by atoms with Gasteiger partial charge < -0.3 is 15.2 Å². The molecule has 1 amide bonds. The second-order valence-electron chi connectivity index (χ2n) is 7.45. The predicted octanol–water partition coefficient (Wildman–Crippen LogP) is 2.89. The van der Waals surface area contributed by atoms with E-state index in [9.17, 15) is 4.79 Å². The zero-order valence-electron chi connectivity index (χ0n) is 15.9. The molecule has 0 saturated heterocycles. The maximum atomic E-state index is 12.3. The molecule has 0 atom stereocenters. The van der Waals surface area contributed by atoms with Gasteiger partial charge in [-0.3, -0.25) is 9.20 Å². The summed E-state index contributed by atoms with van der Waals surface area (Å²) in [5.41, 5.74) is 9.19. The molecule has 0 spiro atoms. The average Bonchev–Trinajstić information content (AvgIpc) is 3.25. The van der Waals surface area contributed by atoms with Gasteiger partial charge in [0.05, 0.1) is 16.6 Å². The van der Waals surface area contributed by atoms with Gasteiger partial charge in [0.1, 0.15) is 5.69 Å². The van der Waals surface area contributed by atoms with Crippen molar-refractivity contribution in [2.24, 2.45) is 5.73 Å². The van der Waals surface area contributed by atoms with E-state index in [1.165, 1.54) is 0 Å². The Kier molecular flexibility index (Phi) is 3.46. The number of rotatable bonds is 4. The number of carbonyl (C=O) groups is 1. The number of carbonyl (C=O) groups excluding carboxylic acids is 1. The van der Waals surface area contributed by atoms with E-state index in [4.69, 9.17) is 15.2 Å². The summed E-state index contributed by atoms with van der Waals surface area (Å²) in [4.78, 5) is 23.6. The fourth-order valence-corrected chi connectivity index (χ4v) is 3.78. The molecule has 1 aliphatic rings. The van der Waals surface area contributed by atoms with E-state index in [0.717, 1.165) is 40.8 Å². The molecule has 1 saturated carbocycles. The lowest BCUT2D eigenvalue weighted by molar-refractivity contribution is 0.100. The smallest absolute Gasteiger partial charge is 0.249 e. The Bertz CT molecular complexity index is 1250. The van der Waals surface area contributed by atoms with Crippen molar-refractivity contribution >= 4 is 28.3 Å². The molecule has 3 heterocycles. The highest BCUT2D eigenvalue weighted by Crippen LogP contribution is 2.40. The Labute approximate surface area is 161 Å². The highest BCUT2D eigenvalue weighted by molar-refractivity contribution is 6.10. The molecule has 8 heteroatoms. The number of para-hydroxylation sites is 1. The third kappa shape index (κ3) is 2.30. The van der Waals surface area contributed by atoms with Crippen molar-refractivity contribution in [3.8, 4) is 11.5 Å². The van der Waals surface area contributed by atoms with Gasteiger partial charge in [-0.05, 0) is 31.4 Å². The highest BCUT2D eigenvalue weighted by Gasteiger charge is 2.31. The summed E-state index contributed by atoms with van der Waals surface area (Å²) in [5, 5.41) is 4.96. The Morgan fingerprint density at radius 2 is 2.00 bits per heavy atom. The van der Waals surface area contributed by atoms with Gasteiger partial charge in [-0.1, -0.05) is 23.4 Å². The lowest BCUT2D eigenvalue weighted by Gasteiger charge is -2.15. The van der Waals surface area contributed by atoms with Crippen LogP contribution in [0, 0.1) is 6.92 Å². The van der Waals surface area contributed by atoms with Crippen molar-refractivity contribution in [3.63, 3.8) is 0 Å². The number of primary amides is 1. The molecular weight excluding hydrogens is 356 g/mol. The first kappa shape index (κ1) is 16.7. The largest absolute Gasteiger partial charge is 0.366 e. The maximum absolute atomic E-state index is 12.3. The van der Waals surface area contributed by atoms with E-state index in [0.29, 0.717) is 28.9 Å². The van der Waals surface area contributed by atoms with Crippen LogP contribution in [0.4, 0.5) is 5.95 Å². The number of benzene rings is 1. The highest BCUT2D eigenvalue weighted by atomic mass is 16.5. The quantitative estimate of drug-likeness (QED) is 0.587. The number of hydrogen-bond acceptors (Lipinski definition) is 6. The Balaban J connectivity index is 1.92. The second-order valence-corrected chi connectivity index (χ2v) is 7.45. The molecule has 1 fully saturated rings. The molecule has 3 aromatic heterocycles. The molecule has 0 radical (unpaired) electrons. The standard InChI is InChI=1S/C20H20N6O2/c1-10-14(17(21)27)12-6-4-5-7-13(12)26-16(10)15(22-20(26)25(2)3)18-23-19(28-24-18)11-8-9-11/h4-7,11H,8-9H2,1-3H3,(H2,21,27). The summed E-state index contributed by atoms with van der Waals surface area (Å²) < 4.78 is 7.48. The first-order chi connectivity index (χ1) is 13.5. The number of anilines is 1. The van der Waals surface area contributed by atoms with Crippen LogP contribution in [0.3, 0.4) is 0 Å². The van der Waals surface area contributed by atoms with Crippen molar-refractivity contribution in [1.29, 1.82) is 0 Å². The SMILES string of the molecule is Cc1c(C(N)=O)c2ccccc2n2c(N(C)C)nc(-c3noc(C4CC4)n3)c12. The second kappa shape index (κ2) is 5.79. The van der Waals surface area contributed by atoms with E-state index < -0.39 is 5.91 Å². The number of nitrogens with zero attached hydrogens (tertiary/aromatic N) is 5. The molecule has 1 aliphatic carbocycles. The third-order valence-electron chi connectivity index (χ3n) is 5.23. The fourth-order valence-electron chi connectivity index (χ4n) is 3.78. The number of nitrogens with two attached hydrogens (primary N) is 1. The molecular formula is C20H20N6O2. The lowest BCUT2D eigenvalue weighted by Crippen LogP contribution is -2.16. The predicted molar refractivity (Wildman–Crippen MR) is 106 cm³/mol. The lowest BCUT2D eigenvalue weighted by atomic mass is 10.0. The molecule has 8 nitrogen and oxygen atoms in total. The zero-order valence-corrected chi connectivity index (χ0v) is 15.9. The van der Waals surface area contributed by atoms with E-state index in [1.807, 2.05) is 54.6 Å². The first-order valence-corrected chi connectivity index (χ1v) is 9.22. The number of amides is 1. The van der Waals surface area contributed by atoms with Gasteiger partial charge in [0.15, 0.2) is 0 Å². The van der Waals surface area contributed by atoms with Crippen molar-refractivity contribution in [2.45, 2.75) is 25.7 Å². The van der Waals surface area contributed by atoms with Gasteiger partial charge in [0.25, 0.3) is 0 Å². The van der Waals surface area contributed by atoms with Crippen molar-refractivity contribution in [2.75, 3.05) is 19.0 Å². The van der Waals surface area contributed by atoms with Gasteiger partial charge in [-0.25, -0.2) is 4.98 Å². The van der Waals surface area contributed by atoms with E-state index in [1.54, 1.807) is 0 Å². The molecule has 0 aliphatic heterocycles. The molecule has 0 bridgehead atoms. The zero-order chi connectivity index (χ0) is 19.6. The van der Waals surface area contributed by atoms with Gasteiger partial charge in [-0.15, -0.1) is 0 Å². The molecule has 1 aromatic carbocycles. The van der Waals surface area contributed by atoms with E-state index in [-0.39, 0.29) is 0 Å². The number of aryl methyl sites for hydroxylation is 1. The molecule has 142 valence electrons. The van der Waals surface area contributed by atoms with Crippen LogP contribution < -0.4 is 10.6 Å².